The molecule has 1 aromatic carbocycles. The molecule has 0 aliphatic heterocycles. The number of aryl methyl sites for hydroxylation is 1. The van der Waals surface area contributed by atoms with Gasteiger partial charge in [0, 0.05) is 11.5 Å². The van der Waals surface area contributed by atoms with E-state index in [1.807, 2.05) is 0 Å². The average Bonchev–Trinajstić information content (AvgIpc) is 3.21. The van der Waals surface area contributed by atoms with E-state index in [1.54, 1.807) is 11.1 Å². The molecular formula is C19H30N2. The first kappa shape index (κ1) is 15.1. The van der Waals surface area contributed by atoms with E-state index in [0.29, 0.717) is 5.41 Å². The number of hydrogen-bond acceptors (Lipinski definition) is 2. The molecule has 21 heavy (non-hydrogen) atoms. The van der Waals surface area contributed by atoms with Gasteiger partial charge in [0.1, 0.15) is 0 Å². The lowest BCUT2D eigenvalue weighted by atomic mass is 9.79. The molecule has 2 heteroatoms. The van der Waals surface area contributed by atoms with Crippen LogP contribution in [0, 0.1) is 5.92 Å². The SMILES string of the molecule is CCC(CCNC)CNC1CC12CCCc1ccccc12. The van der Waals surface area contributed by atoms with Gasteiger partial charge in [0.15, 0.2) is 0 Å². The van der Waals surface area contributed by atoms with Crippen molar-refractivity contribution < 1.29 is 0 Å². The van der Waals surface area contributed by atoms with E-state index in [9.17, 15) is 0 Å². The van der Waals surface area contributed by atoms with Gasteiger partial charge in [0.05, 0.1) is 0 Å². The first-order valence-electron chi connectivity index (χ1n) is 8.76. The van der Waals surface area contributed by atoms with Crippen molar-refractivity contribution in [3.05, 3.63) is 35.4 Å². The lowest BCUT2D eigenvalue weighted by Gasteiger charge is -2.27. The normalized spacial score (nSPS) is 28.4. The standard InChI is InChI=1S/C19H30N2/c1-3-15(10-12-20-2)14-21-18-13-19(18)11-6-8-16-7-4-5-9-17(16)19/h4-5,7,9,15,18,20-21H,3,6,8,10-14H2,1-2H3. The molecule has 3 atom stereocenters. The minimum Gasteiger partial charge on any atom is -0.320 e. The summed E-state index contributed by atoms with van der Waals surface area (Å²) in [4.78, 5) is 0. The lowest BCUT2D eigenvalue weighted by molar-refractivity contribution is 0.407. The van der Waals surface area contributed by atoms with Gasteiger partial charge in [-0.05, 0) is 69.3 Å². The maximum atomic E-state index is 3.89. The largest absolute Gasteiger partial charge is 0.320 e. The van der Waals surface area contributed by atoms with Gasteiger partial charge in [0.25, 0.3) is 0 Å². The fourth-order valence-corrected chi connectivity index (χ4v) is 4.21. The van der Waals surface area contributed by atoms with Crippen molar-refractivity contribution >= 4 is 0 Å². The molecule has 2 nitrogen and oxygen atoms in total. The summed E-state index contributed by atoms with van der Waals surface area (Å²) in [6.07, 6.45) is 7.96. The highest BCUT2D eigenvalue weighted by Gasteiger charge is 2.56. The second-order valence-corrected chi connectivity index (χ2v) is 7.00. The van der Waals surface area contributed by atoms with E-state index in [4.69, 9.17) is 0 Å². The molecule has 1 saturated carbocycles. The minimum atomic E-state index is 0.482. The van der Waals surface area contributed by atoms with Crippen LogP contribution in [0.5, 0.6) is 0 Å². The molecule has 2 aliphatic rings. The van der Waals surface area contributed by atoms with E-state index < -0.39 is 0 Å². The van der Waals surface area contributed by atoms with Gasteiger partial charge < -0.3 is 10.6 Å². The van der Waals surface area contributed by atoms with Crippen LogP contribution in [0.2, 0.25) is 0 Å². The highest BCUT2D eigenvalue weighted by Crippen LogP contribution is 2.55. The smallest absolute Gasteiger partial charge is 0.0174 e. The van der Waals surface area contributed by atoms with Gasteiger partial charge in [-0.2, -0.15) is 0 Å². The van der Waals surface area contributed by atoms with Gasteiger partial charge in [0.2, 0.25) is 0 Å². The molecule has 0 radical (unpaired) electrons. The molecule has 1 spiro atoms. The van der Waals surface area contributed by atoms with E-state index >= 15 is 0 Å². The van der Waals surface area contributed by atoms with E-state index in [2.05, 4.69) is 48.9 Å². The Labute approximate surface area is 129 Å². The highest BCUT2D eigenvalue weighted by atomic mass is 15.0. The third kappa shape index (κ3) is 3.02. The highest BCUT2D eigenvalue weighted by molar-refractivity contribution is 5.44. The van der Waals surface area contributed by atoms with E-state index in [0.717, 1.165) is 18.5 Å². The maximum absolute atomic E-state index is 3.89. The van der Waals surface area contributed by atoms with Crippen molar-refractivity contribution in [1.29, 1.82) is 0 Å². The van der Waals surface area contributed by atoms with Crippen LogP contribution in [-0.4, -0.2) is 26.2 Å². The molecule has 3 rings (SSSR count). The molecule has 1 aromatic rings. The van der Waals surface area contributed by atoms with E-state index in [1.165, 1.54) is 45.1 Å². The number of benzene rings is 1. The third-order valence-corrected chi connectivity index (χ3v) is 5.73. The molecule has 0 amide bonds. The summed E-state index contributed by atoms with van der Waals surface area (Å²) in [6, 6.07) is 9.88. The van der Waals surface area contributed by atoms with Crippen molar-refractivity contribution in [3.63, 3.8) is 0 Å². The van der Waals surface area contributed by atoms with Gasteiger partial charge in [-0.3, -0.25) is 0 Å². The zero-order valence-electron chi connectivity index (χ0n) is 13.6. The van der Waals surface area contributed by atoms with Crippen LogP contribution < -0.4 is 10.6 Å². The van der Waals surface area contributed by atoms with Crippen molar-refractivity contribution in [2.45, 2.75) is 56.9 Å². The van der Waals surface area contributed by atoms with Gasteiger partial charge in [-0.15, -0.1) is 0 Å². The number of hydrogen-bond donors (Lipinski definition) is 2. The molecule has 3 unspecified atom stereocenters. The topological polar surface area (TPSA) is 24.1 Å². The predicted molar refractivity (Wildman–Crippen MR) is 89.8 cm³/mol. The number of fused-ring (bicyclic) bond motifs is 2. The first-order chi connectivity index (χ1) is 10.3. The van der Waals surface area contributed by atoms with E-state index in [-0.39, 0.29) is 0 Å². The number of rotatable bonds is 7. The molecule has 0 aromatic heterocycles. The summed E-state index contributed by atoms with van der Waals surface area (Å²) in [6.45, 7) is 4.65. The summed E-state index contributed by atoms with van der Waals surface area (Å²) < 4.78 is 0. The summed E-state index contributed by atoms with van der Waals surface area (Å²) in [7, 11) is 2.05. The Hall–Kier alpha value is -0.860. The van der Waals surface area contributed by atoms with Crippen molar-refractivity contribution in [2.75, 3.05) is 20.1 Å². The molecule has 2 N–H and O–H groups in total. The molecule has 116 valence electrons. The number of nitrogens with one attached hydrogen (secondary N) is 2. The van der Waals surface area contributed by atoms with Crippen LogP contribution in [0.4, 0.5) is 0 Å². The molecule has 0 saturated heterocycles. The Morgan fingerprint density at radius 2 is 2.19 bits per heavy atom. The first-order valence-corrected chi connectivity index (χ1v) is 8.76. The molecule has 0 heterocycles. The fraction of sp³-hybridized carbons (Fsp3) is 0.684. The zero-order valence-corrected chi connectivity index (χ0v) is 13.6. The second kappa shape index (κ2) is 6.50. The quantitative estimate of drug-likeness (QED) is 0.804. The van der Waals surface area contributed by atoms with Gasteiger partial charge >= 0.3 is 0 Å². The van der Waals surface area contributed by atoms with Crippen LogP contribution in [-0.2, 0) is 11.8 Å². The summed E-state index contributed by atoms with van der Waals surface area (Å²) in [5.74, 6) is 0.814. The molecule has 2 aliphatic carbocycles. The second-order valence-electron chi connectivity index (χ2n) is 7.00. The minimum absolute atomic E-state index is 0.482. The van der Waals surface area contributed by atoms with Crippen molar-refractivity contribution in [3.8, 4) is 0 Å². The van der Waals surface area contributed by atoms with Crippen LogP contribution in [0.1, 0.15) is 50.2 Å². The van der Waals surface area contributed by atoms with Crippen LogP contribution in [0.15, 0.2) is 24.3 Å². The van der Waals surface area contributed by atoms with Gasteiger partial charge in [-0.25, -0.2) is 0 Å². The Kier molecular flexibility index (Phi) is 4.66. The average molecular weight is 286 g/mol. The van der Waals surface area contributed by atoms with Crippen LogP contribution in [0.3, 0.4) is 0 Å². The zero-order chi connectivity index (χ0) is 14.7. The summed E-state index contributed by atoms with van der Waals surface area (Å²) in [5.41, 5.74) is 3.74. The monoisotopic (exact) mass is 286 g/mol. The maximum Gasteiger partial charge on any atom is 0.0174 e. The fourth-order valence-electron chi connectivity index (χ4n) is 4.21. The molecule has 0 bridgehead atoms. The summed E-state index contributed by atoms with van der Waals surface area (Å²) in [5, 5.41) is 7.17. The lowest BCUT2D eigenvalue weighted by Crippen LogP contribution is -2.32. The van der Waals surface area contributed by atoms with Gasteiger partial charge in [-0.1, -0.05) is 37.6 Å². The summed E-state index contributed by atoms with van der Waals surface area (Å²) >= 11 is 0. The Bertz CT molecular complexity index is 470. The van der Waals surface area contributed by atoms with Crippen molar-refractivity contribution in [1.82, 2.24) is 10.6 Å². The predicted octanol–water partition coefficient (Wildman–Crippen LogP) is 3.26. The Morgan fingerprint density at radius 3 is 3.00 bits per heavy atom. The molecular weight excluding hydrogens is 256 g/mol. The molecule has 1 fully saturated rings. The third-order valence-electron chi connectivity index (χ3n) is 5.73. The Balaban J connectivity index is 1.59. The van der Waals surface area contributed by atoms with Crippen molar-refractivity contribution in [2.24, 2.45) is 5.92 Å². The Morgan fingerprint density at radius 1 is 1.33 bits per heavy atom. The van der Waals surface area contributed by atoms with Crippen LogP contribution in [0.25, 0.3) is 0 Å². The van der Waals surface area contributed by atoms with Crippen LogP contribution >= 0.6 is 0 Å².